The Balaban J connectivity index is 1.99. The first-order valence-corrected chi connectivity index (χ1v) is 9.66. The van der Waals surface area contributed by atoms with Gasteiger partial charge < -0.3 is 10.6 Å². The maximum Gasteiger partial charge on any atom is 0.241 e. The third-order valence-electron chi connectivity index (χ3n) is 4.94. The van der Waals surface area contributed by atoms with E-state index < -0.39 is 6.04 Å². The minimum Gasteiger partial charge on any atom is -0.325 e. The molecule has 0 saturated carbocycles. The van der Waals surface area contributed by atoms with Gasteiger partial charge in [-0.3, -0.25) is 14.5 Å². The summed E-state index contributed by atoms with van der Waals surface area (Å²) in [6.45, 7) is 10.1. The molecule has 0 fully saturated rings. The lowest BCUT2D eigenvalue weighted by Crippen LogP contribution is -2.43. The highest BCUT2D eigenvalue weighted by Crippen LogP contribution is 2.27. The van der Waals surface area contributed by atoms with Crippen molar-refractivity contribution in [3.8, 4) is 0 Å². The maximum atomic E-state index is 12.8. The van der Waals surface area contributed by atoms with Crippen LogP contribution in [0.15, 0.2) is 42.5 Å². The number of amides is 2. The number of aryl methyl sites for hydroxylation is 2. The minimum atomic E-state index is -0.441. The largest absolute Gasteiger partial charge is 0.325 e. The van der Waals surface area contributed by atoms with E-state index in [1.54, 1.807) is 11.9 Å². The molecule has 2 rings (SSSR count). The summed E-state index contributed by atoms with van der Waals surface area (Å²) in [6.07, 6.45) is 0. The van der Waals surface area contributed by atoms with Crippen LogP contribution < -0.4 is 10.6 Å². The van der Waals surface area contributed by atoms with E-state index in [1.165, 1.54) is 0 Å². The molecule has 2 aromatic carbocycles. The van der Waals surface area contributed by atoms with Crippen LogP contribution in [0.25, 0.3) is 0 Å². The van der Waals surface area contributed by atoms with E-state index in [0.29, 0.717) is 5.92 Å². The van der Waals surface area contributed by atoms with Crippen molar-refractivity contribution < 1.29 is 9.59 Å². The molecule has 0 aliphatic heterocycles. The number of benzene rings is 2. The van der Waals surface area contributed by atoms with Gasteiger partial charge in [0.05, 0.1) is 12.6 Å². The van der Waals surface area contributed by atoms with Crippen LogP contribution in [0.4, 0.5) is 11.4 Å². The Morgan fingerprint density at radius 3 is 2.21 bits per heavy atom. The molecule has 2 aromatic rings. The Labute approximate surface area is 168 Å². The molecule has 0 aromatic heterocycles. The molecule has 2 amide bonds. The van der Waals surface area contributed by atoms with E-state index in [-0.39, 0.29) is 18.4 Å². The lowest BCUT2D eigenvalue weighted by molar-refractivity contribution is -0.122. The van der Waals surface area contributed by atoms with Crippen LogP contribution in [-0.2, 0) is 9.59 Å². The summed E-state index contributed by atoms with van der Waals surface area (Å²) < 4.78 is 0. The van der Waals surface area contributed by atoms with Gasteiger partial charge in [-0.1, -0.05) is 49.7 Å². The Morgan fingerprint density at radius 1 is 0.964 bits per heavy atom. The van der Waals surface area contributed by atoms with E-state index in [1.807, 2.05) is 63.2 Å². The van der Waals surface area contributed by atoms with Gasteiger partial charge in [0.25, 0.3) is 0 Å². The average molecular weight is 382 g/mol. The normalized spacial score (nSPS) is 12.1. The van der Waals surface area contributed by atoms with Crippen molar-refractivity contribution in [2.24, 2.45) is 0 Å². The van der Waals surface area contributed by atoms with Crippen molar-refractivity contribution in [2.45, 2.75) is 46.6 Å². The van der Waals surface area contributed by atoms with Crippen LogP contribution in [0.2, 0.25) is 0 Å². The summed E-state index contributed by atoms with van der Waals surface area (Å²) in [6, 6.07) is 13.2. The van der Waals surface area contributed by atoms with Crippen LogP contribution in [-0.4, -0.2) is 36.3 Å². The Hall–Kier alpha value is -2.66. The van der Waals surface area contributed by atoms with Gasteiger partial charge in [-0.25, -0.2) is 0 Å². The average Bonchev–Trinajstić information content (AvgIpc) is 2.64. The molecule has 5 heteroatoms. The number of carbonyl (C=O) groups is 2. The smallest absolute Gasteiger partial charge is 0.241 e. The number of para-hydroxylation sites is 1. The molecule has 0 radical (unpaired) electrons. The van der Waals surface area contributed by atoms with Crippen molar-refractivity contribution in [2.75, 3.05) is 24.2 Å². The highest BCUT2D eigenvalue weighted by Gasteiger charge is 2.22. The monoisotopic (exact) mass is 381 g/mol. The fourth-order valence-corrected chi connectivity index (χ4v) is 2.97. The van der Waals surface area contributed by atoms with E-state index >= 15 is 0 Å². The quantitative estimate of drug-likeness (QED) is 0.751. The van der Waals surface area contributed by atoms with Gasteiger partial charge in [0.1, 0.15) is 0 Å². The SMILES string of the molecule is Cc1ccc(NC(=O)CN(C)[C@@H](C)C(=O)Nc2c(C)cccc2C(C)C)cc1. The van der Waals surface area contributed by atoms with E-state index in [4.69, 9.17) is 0 Å². The Bertz CT molecular complexity index is 828. The second-order valence-electron chi connectivity index (χ2n) is 7.69. The number of hydrogen-bond acceptors (Lipinski definition) is 3. The van der Waals surface area contributed by atoms with Crippen LogP contribution in [0.3, 0.4) is 0 Å². The molecule has 0 aliphatic carbocycles. The predicted octanol–water partition coefficient (Wildman–Crippen LogP) is 4.32. The number of hydrogen-bond donors (Lipinski definition) is 2. The third-order valence-corrected chi connectivity index (χ3v) is 4.94. The lowest BCUT2D eigenvalue weighted by Gasteiger charge is -2.25. The van der Waals surface area contributed by atoms with Gasteiger partial charge in [0.15, 0.2) is 0 Å². The zero-order chi connectivity index (χ0) is 20.8. The molecule has 5 nitrogen and oxygen atoms in total. The summed E-state index contributed by atoms with van der Waals surface area (Å²) in [7, 11) is 1.78. The highest BCUT2D eigenvalue weighted by molar-refractivity contribution is 5.97. The number of anilines is 2. The van der Waals surface area contributed by atoms with Gasteiger partial charge >= 0.3 is 0 Å². The zero-order valence-corrected chi connectivity index (χ0v) is 17.7. The highest BCUT2D eigenvalue weighted by atomic mass is 16.2. The molecule has 0 bridgehead atoms. The van der Waals surface area contributed by atoms with Crippen LogP contribution in [0.1, 0.15) is 43.4 Å². The first-order chi connectivity index (χ1) is 13.2. The lowest BCUT2D eigenvalue weighted by atomic mass is 9.98. The van der Waals surface area contributed by atoms with Gasteiger partial charge in [0.2, 0.25) is 11.8 Å². The number of nitrogens with zero attached hydrogens (tertiary/aromatic N) is 1. The second-order valence-corrected chi connectivity index (χ2v) is 7.69. The van der Waals surface area contributed by atoms with Gasteiger partial charge in [-0.05, 0) is 57.0 Å². The summed E-state index contributed by atoms with van der Waals surface area (Å²) >= 11 is 0. The van der Waals surface area contributed by atoms with Crippen LogP contribution in [0, 0.1) is 13.8 Å². The molecule has 0 unspecified atom stereocenters. The molecule has 150 valence electrons. The minimum absolute atomic E-state index is 0.123. The summed E-state index contributed by atoms with van der Waals surface area (Å²) in [5, 5.41) is 5.92. The van der Waals surface area contributed by atoms with Gasteiger partial charge in [-0.2, -0.15) is 0 Å². The third kappa shape index (κ3) is 5.67. The van der Waals surface area contributed by atoms with E-state index in [0.717, 1.165) is 28.1 Å². The standard InChI is InChI=1S/C23H31N3O2/c1-15(2)20-9-7-8-17(4)22(20)25-23(28)18(5)26(6)14-21(27)24-19-12-10-16(3)11-13-19/h7-13,15,18H,14H2,1-6H3,(H,24,27)(H,25,28)/t18-/m0/s1. The van der Waals surface area contributed by atoms with Crippen molar-refractivity contribution in [3.05, 3.63) is 59.2 Å². The molecular formula is C23H31N3O2. The molecule has 0 saturated heterocycles. The summed E-state index contributed by atoms with van der Waals surface area (Å²) in [5.41, 5.74) is 4.90. The topological polar surface area (TPSA) is 61.4 Å². The van der Waals surface area contributed by atoms with Crippen LogP contribution in [0.5, 0.6) is 0 Å². The Morgan fingerprint density at radius 2 is 1.61 bits per heavy atom. The molecule has 1 atom stereocenters. The molecule has 0 spiro atoms. The van der Waals surface area contributed by atoms with E-state index in [9.17, 15) is 9.59 Å². The van der Waals surface area contributed by atoms with Gasteiger partial charge in [0, 0.05) is 11.4 Å². The predicted molar refractivity (Wildman–Crippen MR) is 116 cm³/mol. The fourth-order valence-electron chi connectivity index (χ4n) is 2.97. The summed E-state index contributed by atoms with van der Waals surface area (Å²) in [4.78, 5) is 26.8. The van der Waals surface area contributed by atoms with Crippen molar-refractivity contribution in [3.63, 3.8) is 0 Å². The Kier molecular flexibility index (Phi) is 7.35. The molecule has 28 heavy (non-hydrogen) atoms. The second kappa shape index (κ2) is 9.51. The number of rotatable bonds is 7. The number of nitrogens with one attached hydrogen (secondary N) is 2. The molecular weight excluding hydrogens is 350 g/mol. The van der Waals surface area contributed by atoms with Crippen molar-refractivity contribution >= 4 is 23.2 Å². The maximum absolute atomic E-state index is 12.8. The molecule has 2 N–H and O–H groups in total. The van der Waals surface area contributed by atoms with Gasteiger partial charge in [-0.15, -0.1) is 0 Å². The number of likely N-dealkylation sites (N-methyl/N-ethyl adjacent to an activating group) is 1. The van der Waals surface area contributed by atoms with Crippen molar-refractivity contribution in [1.82, 2.24) is 4.90 Å². The van der Waals surface area contributed by atoms with Crippen molar-refractivity contribution in [1.29, 1.82) is 0 Å². The molecule has 0 aliphatic rings. The summed E-state index contributed by atoms with van der Waals surface area (Å²) in [5.74, 6) is 0.0372. The first kappa shape index (κ1) is 21.6. The first-order valence-electron chi connectivity index (χ1n) is 9.66. The number of carbonyl (C=O) groups excluding carboxylic acids is 2. The van der Waals surface area contributed by atoms with E-state index in [2.05, 4.69) is 24.5 Å². The van der Waals surface area contributed by atoms with Crippen LogP contribution >= 0.6 is 0 Å². The zero-order valence-electron chi connectivity index (χ0n) is 17.7. The fraction of sp³-hybridized carbons (Fsp3) is 0.391. The molecule has 0 heterocycles.